The minimum absolute atomic E-state index is 0.458. The van der Waals surface area contributed by atoms with Crippen molar-refractivity contribution in [2.24, 2.45) is 5.73 Å². The van der Waals surface area contributed by atoms with Crippen LogP contribution >= 0.6 is 11.3 Å². The van der Waals surface area contributed by atoms with Crippen LogP contribution in [0, 0.1) is 0 Å². The number of rotatable bonds is 4. The second kappa shape index (κ2) is 5.34. The van der Waals surface area contributed by atoms with Crippen molar-refractivity contribution in [1.82, 2.24) is 14.5 Å². The standard InChI is InChI=1S/C14H14N4S/c15-9-12-11(3-1-5-16-12)10-18-7-6-17-14(18)13-4-2-8-19-13/h1-8H,9-10,15H2. The molecule has 0 aliphatic heterocycles. The molecule has 0 aromatic carbocycles. The molecule has 19 heavy (non-hydrogen) atoms. The molecule has 0 bridgehead atoms. The quantitative estimate of drug-likeness (QED) is 0.792. The van der Waals surface area contributed by atoms with Gasteiger partial charge in [-0.15, -0.1) is 11.3 Å². The zero-order chi connectivity index (χ0) is 13.1. The van der Waals surface area contributed by atoms with Crippen molar-refractivity contribution in [2.75, 3.05) is 0 Å². The fraction of sp³-hybridized carbons (Fsp3) is 0.143. The molecule has 2 N–H and O–H groups in total. The van der Waals surface area contributed by atoms with Gasteiger partial charge in [0.25, 0.3) is 0 Å². The first-order valence-corrected chi connectivity index (χ1v) is 6.94. The molecule has 0 unspecified atom stereocenters. The summed E-state index contributed by atoms with van der Waals surface area (Å²) in [5.41, 5.74) is 7.80. The second-order valence-corrected chi connectivity index (χ2v) is 5.12. The van der Waals surface area contributed by atoms with Crippen LogP contribution < -0.4 is 5.73 Å². The summed E-state index contributed by atoms with van der Waals surface area (Å²) >= 11 is 1.69. The summed E-state index contributed by atoms with van der Waals surface area (Å²) in [4.78, 5) is 9.92. The monoisotopic (exact) mass is 270 g/mol. The summed E-state index contributed by atoms with van der Waals surface area (Å²) in [6.45, 7) is 1.20. The van der Waals surface area contributed by atoms with E-state index in [1.807, 2.05) is 24.5 Å². The lowest BCUT2D eigenvalue weighted by Crippen LogP contribution is -2.08. The molecule has 5 heteroatoms. The van der Waals surface area contributed by atoms with E-state index in [2.05, 4.69) is 32.0 Å². The summed E-state index contributed by atoms with van der Waals surface area (Å²) in [7, 11) is 0. The maximum Gasteiger partial charge on any atom is 0.150 e. The molecule has 0 saturated heterocycles. The van der Waals surface area contributed by atoms with Crippen molar-refractivity contribution < 1.29 is 0 Å². The third-order valence-corrected chi connectivity index (χ3v) is 3.84. The van der Waals surface area contributed by atoms with Gasteiger partial charge in [0.1, 0.15) is 5.82 Å². The summed E-state index contributed by atoms with van der Waals surface area (Å²) in [5.74, 6) is 0.988. The fourth-order valence-electron chi connectivity index (χ4n) is 2.05. The van der Waals surface area contributed by atoms with Crippen LogP contribution in [0.15, 0.2) is 48.2 Å². The Bertz CT molecular complexity index is 658. The van der Waals surface area contributed by atoms with Gasteiger partial charge in [-0.25, -0.2) is 4.98 Å². The van der Waals surface area contributed by atoms with E-state index in [-0.39, 0.29) is 0 Å². The van der Waals surface area contributed by atoms with E-state index in [0.29, 0.717) is 6.54 Å². The topological polar surface area (TPSA) is 56.7 Å². The SMILES string of the molecule is NCc1ncccc1Cn1ccnc1-c1cccs1. The van der Waals surface area contributed by atoms with Crippen LogP contribution in [-0.2, 0) is 13.1 Å². The number of hydrogen-bond donors (Lipinski definition) is 1. The molecular weight excluding hydrogens is 256 g/mol. The van der Waals surface area contributed by atoms with Gasteiger partial charge >= 0.3 is 0 Å². The largest absolute Gasteiger partial charge is 0.326 e. The first kappa shape index (κ1) is 12.1. The minimum Gasteiger partial charge on any atom is -0.326 e. The highest BCUT2D eigenvalue weighted by Gasteiger charge is 2.09. The van der Waals surface area contributed by atoms with Gasteiger partial charge in [-0.05, 0) is 23.1 Å². The number of nitrogens with zero attached hydrogens (tertiary/aromatic N) is 3. The van der Waals surface area contributed by atoms with Crippen molar-refractivity contribution in [3.63, 3.8) is 0 Å². The predicted molar refractivity (Wildman–Crippen MR) is 76.8 cm³/mol. The highest BCUT2D eigenvalue weighted by atomic mass is 32.1. The molecule has 3 aromatic rings. The lowest BCUT2D eigenvalue weighted by atomic mass is 10.2. The number of aromatic nitrogens is 3. The van der Waals surface area contributed by atoms with Gasteiger partial charge in [0.15, 0.2) is 0 Å². The molecule has 0 spiro atoms. The average molecular weight is 270 g/mol. The van der Waals surface area contributed by atoms with Gasteiger partial charge < -0.3 is 10.3 Å². The lowest BCUT2D eigenvalue weighted by Gasteiger charge is -2.09. The first-order chi connectivity index (χ1) is 9.38. The summed E-state index contributed by atoms with van der Waals surface area (Å²) < 4.78 is 2.13. The summed E-state index contributed by atoms with van der Waals surface area (Å²) in [6.07, 6.45) is 5.59. The van der Waals surface area contributed by atoms with Crippen LogP contribution in [-0.4, -0.2) is 14.5 Å². The molecule has 0 atom stereocenters. The van der Waals surface area contributed by atoms with E-state index in [0.717, 1.165) is 23.6 Å². The van der Waals surface area contributed by atoms with Crippen molar-refractivity contribution in [1.29, 1.82) is 0 Å². The highest BCUT2D eigenvalue weighted by molar-refractivity contribution is 7.13. The first-order valence-electron chi connectivity index (χ1n) is 6.06. The number of thiophene rings is 1. The van der Waals surface area contributed by atoms with Gasteiger partial charge in [0.05, 0.1) is 17.1 Å². The third-order valence-electron chi connectivity index (χ3n) is 2.98. The third kappa shape index (κ3) is 2.43. The van der Waals surface area contributed by atoms with Gasteiger partial charge in [-0.3, -0.25) is 4.98 Å². The van der Waals surface area contributed by atoms with Gasteiger partial charge in [0, 0.05) is 25.1 Å². The van der Waals surface area contributed by atoms with E-state index >= 15 is 0 Å². The van der Waals surface area contributed by atoms with Crippen molar-refractivity contribution in [3.05, 3.63) is 59.5 Å². The molecule has 3 heterocycles. The van der Waals surface area contributed by atoms with Gasteiger partial charge in [0.2, 0.25) is 0 Å². The molecule has 3 aromatic heterocycles. The molecule has 0 fully saturated rings. The number of pyridine rings is 1. The van der Waals surface area contributed by atoms with Crippen LogP contribution in [0.2, 0.25) is 0 Å². The van der Waals surface area contributed by atoms with Crippen molar-refractivity contribution >= 4 is 11.3 Å². The molecule has 0 radical (unpaired) electrons. The molecule has 0 aliphatic carbocycles. The summed E-state index contributed by atoms with van der Waals surface area (Å²) in [6, 6.07) is 8.12. The fourth-order valence-corrected chi connectivity index (χ4v) is 2.79. The van der Waals surface area contributed by atoms with E-state index in [4.69, 9.17) is 5.73 Å². The molecule has 4 nitrogen and oxygen atoms in total. The highest BCUT2D eigenvalue weighted by Crippen LogP contribution is 2.23. The lowest BCUT2D eigenvalue weighted by molar-refractivity contribution is 0.783. The Morgan fingerprint density at radius 3 is 2.89 bits per heavy atom. The van der Waals surface area contributed by atoms with E-state index in [1.165, 1.54) is 4.88 Å². The maximum absolute atomic E-state index is 5.73. The Hall–Kier alpha value is -1.98. The van der Waals surface area contributed by atoms with Gasteiger partial charge in [-0.1, -0.05) is 12.1 Å². The normalized spacial score (nSPS) is 10.8. The van der Waals surface area contributed by atoms with Crippen LogP contribution in [0.25, 0.3) is 10.7 Å². The average Bonchev–Trinajstić information content (AvgIpc) is 3.09. The predicted octanol–water partition coefficient (Wildman–Crippen LogP) is 2.51. The van der Waals surface area contributed by atoms with Crippen molar-refractivity contribution in [3.8, 4) is 10.7 Å². The molecule has 96 valence electrons. The van der Waals surface area contributed by atoms with E-state index < -0.39 is 0 Å². The smallest absolute Gasteiger partial charge is 0.150 e. The Morgan fingerprint density at radius 1 is 1.16 bits per heavy atom. The maximum atomic E-state index is 5.73. The Morgan fingerprint density at radius 2 is 2.11 bits per heavy atom. The second-order valence-electron chi connectivity index (χ2n) is 4.17. The Labute approximate surface area is 115 Å². The Kier molecular flexibility index (Phi) is 3.39. The Balaban J connectivity index is 1.94. The zero-order valence-corrected chi connectivity index (χ0v) is 11.2. The molecule has 0 saturated carbocycles. The van der Waals surface area contributed by atoms with E-state index in [1.54, 1.807) is 17.5 Å². The number of hydrogen-bond acceptors (Lipinski definition) is 4. The van der Waals surface area contributed by atoms with Crippen LogP contribution in [0.1, 0.15) is 11.3 Å². The molecule has 0 amide bonds. The van der Waals surface area contributed by atoms with Crippen LogP contribution in [0.5, 0.6) is 0 Å². The molecule has 3 rings (SSSR count). The number of nitrogens with two attached hydrogens (primary N) is 1. The van der Waals surface area contributed by atoms with E-state index in [9.17, 15) is 0 Å². The van der Waals surface area contributed by atoms with Crippen molar-refractivity contribution in [2.45, 2.75) is 13.1 Å². The van der Waals surface area contributed by atoms with Crippen LogP contribution in [0.4, 0.5) is 0 Å². The minimum atomic E-state index is 0.458. The van der Waals surface area contributed by atoms with Gasteiger partial charge in [-0.2, -0.15) is 0 Å². The zero-order valence-electron chi connectivity index (χ0n) is 10.4. The molecular formula is C14H14N4S. The number of imidazole rings is 1. The molecule has 0 aliphatic rings. The summed E-state index contributed by atoms with van der Waals surface area (Å²) in [5, 5.41) is 2.06. The van der Waals surface area contributed by atoms with Crippen LogP contribution in [0.3, 0.4) is 0 Å².